The van der Waals surface area contributed by atoms with Crippen molar-refractivity contribution in [2.24, 2.45) is 5.92 Å². The van der Waals surface area contributed by atoms with E-state index in [0.717, 1.165) is 30.9 Å². The van der Waals surface area contributed by atoms with Crippen LogP contribution in [0.5, 0.6) is 5.75 Å². The molecular formula is C21H31N3O3. The van der Waals surface area contributed by atoms with Crippen molar-refractivity contribution in [2.75, 3.05) is 31.1 Å². The molecule has 2 aliphatic heterocycles. The quantitative estimate of drug-likeness (QED) is 0.797. The summed E-state index contributed by atoms with van der Waals surface area (Å²) >= 11 is 0. The van der Waals surface area contributed by atoms with Gasteiger partial charge in [0.05, 0.1) is 12.0 Å². The molecule has 6 nitrogen and oxygen atoms in total. The number of carbonyl (C=O) groups excluding carboxylic acids is 2. The number of likely N-dealkylation sites (N-methyl/N-ethyl adjacent to an activating group) is 1. The summed E-state index contributed by atoms with van der Waals surface area (Å²) in [5, 5.41) is 3.07. The average molecular weight is 373 g/mol. The molecule has 2 saturated heterocycles. The Balaban J connectivity index is 1.54. The lowest BCUT2D eigenvalue weighted by Gasteiger charge is -2.23. The number of hydrogen-bond acceptors (Lipinski definition) is 4. The van der Waals surface area contributed by atoms with Gasteiger partial charge in [-0.2, -0.15) is 0 Å². The average Bonchev–Trinajstić information content (AvgIpc) is 3.26. The van der Waals surface area contributed by atoms with Gasteiger partial charge in [-0.15, -0.1) is 0 Å². The number of benzene rings is 1. The van der Waals surface area contributed by atoms with Crippen molar-refractivity contribution >= 4 is 17.5 Å². The standard InChI is InChI=1S/C21H31N3O3/c1-4-23-11-5-6-18(23)13-22-21(26)16-12-20(25)24(14-16)17-7-9-19(10-8-17)27-15(2)3/h7-10,15-16,18H,4-6,11-14H2,1-3H3,(H,22,26). The van der Waals surface area contributed by atoms with Gasteiger partial charge < -0.3 is 15.0 Å². The lowest BCUT2D eigenvalue weighted by Crippen LogP contribution is -2.42. The Morgan fingerprint density at radius 1 is 1.30 bits per heavy atom. The SMILES string of the molecule is CCN1CCCC1CNC(=O)C1CC(=O)N(c2ccc(OC(C)C)cc2)C1. The van der Waals surface area contributed by atoms with Crippen molar-refractivity contribution in [1.82, 2.24) is 10.2 Å². The molecule has 1 N–H and O–H groups in total. The first-order valence-electron chi connectivity index (χ1n) is 10.1. The molecule has 2 fully saturated rings. The molecule has 27 heavy (non-hydrogen) atoms. The van der Waals surface area contributed by atoms with Crippen molar-refractivity contribution in [3.05, 3.63) is 24.3 Å². The van der Waals surface area contributed by atoms with Crippen molar-refractivity contribution in [3.63, 3.8) is 0 Å². The molecule has 2 amide bonds. The number of hydrogen-bond donors (Lipinski definition) is 1. The summed E-state index contributed by atoms with van der Waals surface area (Å²) in [6.45, 7) is 9.37. The van der Waals surface area contributed by atoms with E-state index in [4.69, 9.17) is 4.74 Å². The fourth-order valence-electron chi connectivity index (χ4n) is 4.01. The van der Waals surface area contributed by atoms with Crippen molar-refractivity contribution in [2.45, 2.75) is 52.2 Å². The maximum absolute atomic E-state index is 12.6. The zero-order valence-electron chi connectivity index (χ0n) is 16.6. The zero-order valence-corrected chi connectivity index (χ0v) is 16.6. The van der Waals surface area contributed by atoms with Crippen LogP contribution in [0.25, 0.3) is 0 Å². The van der Waals surface area contributed by atoms with Crippen LogP contribution in [0.15, 0.2) is 24.3 Å². The Labute approximate surface area is 161 Å². The van der Waals surface area contributed by atoms with E-state index in [1.807, 2.05) is 38.1 Å². The van der Waals surface area contributed by atoms with Gasteiger partial charge >= 0.3 is 0 Å². The summed E-state index contributed by atoms with van der Waals surface area (Å²) in [6.07, 6.45) is 2.72. The smallest absolute Gasteiger partial charge is 0.227 e. The van der Waals surface area contributed by atoms with Crippen LogP contribution in [-0.2, 0) is 9.59 Å². The van der Waals surface area contributed by atoms with Gasteiger partial charge in [0.2, 0.25) is 11.8 Å². The van der Waals surface area contributed by atoms with Crippen molar-refractivity contribution in [3.8, 4) is 5.75 Å². The van der Waals surface area contributed by atoms with Gasteiger partial charge in [0.1, 0.15) is 5.75 Å². The number of carbonyl (C=O) groups is 2. The molecule has 2 atom stereocenters. The first kappa shape index (κ1) is 19.7. The van der Waals surface area contributed by atoms with E-state index in [1.54, 1.807) is 4.90 Å². The first-order chi connectivity index (χ1) is 13.0. The largest absolute Gasteiger partial charge is 0.491 e. The van der Waals surface area contributed by atoms with Gasteiger partial charge in [-0.3, -0.25) is 14.5 Å². The molecule has 1 aromatic carbocycles. The summed E-state index contributed by atoms with van der Waals surface area (Å²) in [4.78, 5) is 29.1. The second-order valence-electron chi connectivity index (χ2n) is 7.74. The van der Waals surface area contributed by atoms with Crippen LogP contribution in [0.3, 0.4) is 0 Å². The van der Waals surface area contributed by atoms with Crippen molar-refractivity contribution < 1.29 is 14.3 Å². The molecule has 2 heterocycles. The number of rotatable bonds is 7. The number of anilines is 1. The van der Waals surface area contributed by atoms with Crippen LogP contribution in [0.4, 0.5) is 5.69 Å². The minimum atomic E-state index is -0.277. The van der Waals surface area contributed by atoms with Gasteiger partial charge in [0, 0.05) is 31.2 Å². The van der Waals surface area contributed by atoms with Crippen LogP contribution < -0.4 is 15.0 Å². The van der Waals surface area contributed by atoms with E-state index >= 15 is 0 Å². The van der Waals surface area contributed by atoms with Gasteiger partial charge in [0.25, 0.3) is 0 Å². The third kappa shape index (κ3) is 4.80. The minimum absolute atomic E-state index is 0.00345. The Kier molecular flexibility index (Phi) is 6.37. The molecule has 1 aromatic rings. The minimum Gasteiger partial charge on any atom is -0.491 e. The second kappa shape index (κ2) is 8.74. The molecule has 0 saturated carbocycles. The summed E-state index contributed by atoms with van der Waals surface area (Å²) in [7, 11) is 0. The van der Waals surface area contributed by atoms with Crippen LogP contribution in [-0.4, -0.2) is 55.0 Å². The third-order valence-electron chi connectivity index (χ3n) is 5.43. The number of likely N-dealkylation sites (tertiary alicyclic amines) is 1. The van der Waals surface area contributed by atoms with Crippen LogP contribution >= 0.6 is 0 Å². The van der Waals surface area contributed by atoms with Gasteiger partial charge in [-0.05, 0) is 64.0 Å². The number of nitrogens with zero attached hydrogens (tertiary/aromatic N) is 2. The first-order valence-corrected chi connectivity index (χ1v) is 10.1. The Morgan fingerprint density at radius 2 is 2.04 bits per heavy atom. The molecular weight excluding hydrogens is 342 g/mol. The maximum Gasteiger partial charge on any atom is 0.227 e. The third-order valence-corrected chi connectivity index (χ3v) is 5.43. The maximum atomic E-state index is 12.6. The van der Waals surface area contributed by atoms with Crippen LogP contribution in [0, 0.1) is 5.92 Å². The Bertz CT molecular complexity index is 659. The van der Waals surface area contributed by atoms with Crippen LogP contribution in [0.2, 0.25) is 0 Å². The van der Waals surface area contributed by atoms with Crippen molar-refractivity contribution in [1.29, 1.82) is 0 Å². The monoisotopic (exact) mass is 373 g/mol. The van der Waals surface area contributed by atoms with E-state index in [-0.39, 0.29) is 30.3 Å². The topological polar surface area (TPSA) is 61.9 Å². The molecule has 2 aliphatic rings. The lowest BCUT2D eigenvalue weighted by atomic mass is 10.1. The molecule has 148 valence electrons. The fourth-order valence-corrected chi connectivity index (χ4v) is 4.01. The molecule has 0 aliphatic carbocycles. The summed E-state index contributed by atoms with van der Waals surface area (Å²) in [5.74, 6) is 0.504. The highest BCUT2D eigenvalue weighted by Gasteiger charge is 2.35. The van der Waals surface area contributed by atoms with E-state index in [2.05, 4.69) is 17.1 Å². The normalized spacial score (nSPS) is 23.3. The lowest BCUT2D eigenvalue weighted by molar-refractivity contribution is -0.126. The molecule has 0 radical (unpaired) electrons. The molecule has 6 heteroatoms. The summed E-state index contributed by atoms with van der Waals surface area (Å²) < 4.78 is 5.65. The molecule has 0 aromatic heterocycles. The van der Waals surface area contributed by atoms with E-state index in [1.165, 1.54) is 6.42 Å². The predicted molar refractivity (Wildman–Crippen MR) is 106 cm³/mol. The molecule has 3 rings (SSSR count). The summed E-state index contributed by atoms with van der Waals surface area (Å²) in [5.41, 5.74) is 0.819. The predicted octanol–water partition coefficient (Wildman–Crippen LogP) is 2.43. The zero-order chi connectivity index (χ0) is 19.4. The Morgan fingerprint density at radius 3 is 2.70 bits per heavy atom. The van der Waals surface area contributed by atoms with Gasteiger partial charge in [-0.25, -0.2) is 0 Å². The number of nitrogens with one attached hydrogen (secondary N) is 1. The van der Waals surface area contributed by atoms with Gasteiger partial charge in [-0.1, -0.05) is 6.92 Å². The summed E-state index contributed by atoms with van der Waals surface area (Å²) in [6, 6.07) is 7.94. The number of amides is 2. The fraction of sp³-hybridized carbons (Fsp3) is 0.619. The van der Waals surface area contributed by atoms with E-state index in [9.17, 15) is 9.59 Å². The van der Waals surface area contributed by atoms with E-state index in [0.29, 0.717) is 19.1 Å². The highest BCUT2D eigenvalue weighted by atomic mass is 16.5. The van der Waals surface area contributed by atoms with E-state index < -0.39 is 0 Å². The van der Waals surface area contributed by atoms with Gasteiger partial charge in [0.15, 0.2) is 0 Å². The molecule has 0 bridgehead atoms. The van der Waals surface area contributed by atoms with Crippen LogP contribution in [0.1, 0.15) is 40.0 Å². The number of ether oxygens (including phenoxy) is 1. The second-order valence-corrected chi connectivity index (χ2v) is 7.74. The Hall–Kier alpha value is -2.08. The molecule has 0 spiro atoms. The highest BCUT2D eigenvalue weighted by Crippen LogP contribution is 2.27. The molecule has 2 unspecified atom stereocenters. The highest BCUT2D eigenvalue weighted by molar-refractivity contribution is 6.00.